The largest absolute Gasteiger partial charge is 0.417 e. The molecule has 1 aromatic heterocycles. The fourth-order valence-electron chi connectivity index (χ4n) is 5.77. The van der Waals surface area contributed by atoms with Crippen LogP contribution >= 0.6 is 0 Å². The van der Waals surface area contributed by atoms with E-state index in [2.05, 4.69) is 25.1 Å². The zero-order valence-corrected chi connectivity index (χ0v) is 22.2. The van der Waals surface area contributed by atoms with E-state index in [0.29, 0.717) is 28.8 Å². The average Bonchev–Trinajstić information content (AvgIpc) is 3.71. The fourth-order valence-corrected chi connectivity index (χ4v) is 5.77. The molecule has 0 aliphatic carbocycles. The standard InChI is InChI=1S/C31H32F3N5O/c32-31(33,34)26-13-10-22(20-39-16-3-4-17-39)18-25(26)29-36-27-7-5-6-24(28(27)37-29)30(40)35-23-11-8-21(9-12-23)19-38-14-1-2-15-38/h5-13,18H,1-4,14-17,19-20H2,(H,35,40)(H,36,37). The predicted molar refractivity (Wildman–Crippen MR) is 150 cm³/mol. The summed E-state index contributed by atoms with van der Waals surface area (Å²) in [4.78, 5) is 25.5. The minimum absolute atomic E-state index is 0.0136. The van der Waals surface area contributed by atoms with Crippen LogP contribution in [0.3, 0.4) is 0 Å². The molecule has 208 valence electrons. The smallest absolute Gasteiger partial charge is 0.338 e. The van der Waals surface area contributed by atoms with Gasteiger partial charge in [-0.05, 0) is 99.4 Å². The van der Waals surface area contributed by atoms with Crippen LogP contribution in [0, 0.1) is 0 Å². The lowest BCUT2D eigenvalue weighted by molar-refractivity contribution is -0.137. The number of hydrogen-bond donors (Lipinski definition) is 2. The number of nitrogens with one attached hydrogen (secondary N) is 2. The van der Waals surface area contributed by atoms with Crippen LogP contribution in [0.1, 0.15) is 52.7 Å². The topological polar surface area (TPSA) is 64.3 Å². The normalized spacial score (nSPS) is 16.7. The number of alkyl halides is 3. The molecule has 4 aromatic rings. The maximum atomic E-state index is 14.0. The van der Waals surface area contributed by atoms with Gasteiger partial charge in [-0.25, -0.2) is 4.98 Å². The highest BCUT2D eigenvalue weighted by atomic mass is 19.4. The van der Waals surface area contributed by atoms with Crippen LogP contribution in [0.2, 0.25) is 0 Å². The maximum Gasteiger partial charge on any atom is 0.417 e. The number of hydrogen-bond acceptors (Lipinski definition) is 4. The molecule has 0 bridgehead atoms. The highest BCUT2D eigenvalue weighted by molar-refractivity contribution is 6.11. The van der Waals surface area contributed by atoms with Gasteiger partial charge in [-0.15, -0.1) is 0 Å². The van der Waals surface area contributed by atoms with E-state index in [1.807, 2.05) is 24.3 Å². The number of aromatic nitrogens is 2. The molecule has 2 aliphatic rings. The Balaban J connectivity index is 1.26. The van der Waals surface area contributed by atoms with Gasteiger partial charge in [0.05, 0.1) is 16.6 Å². The summed E-state index contributed by atoms with van der Waals surface area (Å²) in [6.07, 6.45) is 0.128. The quantitative estimate of drug-likeness (QED) is 0.271. The Morgan fingerprint density at radius 3 is 2.12 bits per heavy atom. The zero-order valence-electron chi connectivity index (χ0n) is 22.2. The molecule has 6 nitrogen and oxygen atoms in total. The van der Waals surface area contributed by atoms with Gasteiger partial charge in [-0.2, -0.15) is 13.2 Å². The number of nitrogens with zero attached hydrogens (tertiary/aromatic N) is 3. The van der Waals surface area contributed by atoms with Gasteiger partial charge in [-0.3, -0.25) is 14.6 Å². The summed E-state index contributed by atoms with van der Waals surface area (Å²) >= 11 is 0. The highest BCUT2D eigenvalue weighted by Gasteiger charge is 2.35. The van der Waals surface area contributed by atoms with Crippen molar-refractivity contribution in [2.24, 2.45) is 0 Å². The minimum Gasteiger partial charge on any atom is -0.338 e. The van der Waals surface area contributed by atoms with Crippen molar-refractivity contribution in [3.05, 3.63) is 82.9 Å². The molecule has 0 saturated carbocycles. The summed E-state index contributed by atoms with van der Waals surface area (Å²) in [7, 11) is 0. The number of para-hydroxylation sites is 1. The van der Waals surface area contributed by atoms with Crippen molar-refractivity contribution in [2.75, 3.05) is 31.5 Å². The second-order valence-electron chi connectivity index (χ2n) is 10.8. The molecular weight excluding hydrogens is 515 g/mol. The molecule has 0 atom stereocenters. The molecule has 0 spiro atoms. The molecule has 0 radical (unpaired) electrons. The van der Waals surface area contributed by atoms with E-state index in [9.17, 15) is 18.0 Å². The van der Waals surface area contributed by atoms with E-state index in [4.69, 9.17) is 0 Å². The van der Waals surface area contributed by atoms with Crippen molar-refractivity contribution in [2.45, 2.75) is 44.9 Å². The van der Waals surface area contributed by atoms with Crippen LogP contribution in [-0.4, -0.2) is 51.9 Å². The maximum absolute atomic E-state index is 14.0. The first-order valence-electron chi connectivity index (χ1n) is 13.9. The summed E-state index contributed by atoms with van der Waals surface area (Å²) in [5, 5.41) is 2.91. The van der Waals surface area contributed by atoms with Gasteiger partial charge in [-0.1, -0.05) is 24.3 Å². The van der Waals surface area contributed by atoms with Crippen LogP contribution in [0.25, 0.3) is 22.4 Å². The van der Waals surface area contributed by atoms with Crippen molar-refractivity contribution < 1.29 is 18.0 Å². The lowest BCUT2D eigenvalue weighted by Gasteiger charge is -2.17. The molecule has 2 fully saturated rings. The van der Waals surface area contributed by atoms with E-state index in [1.54, 1.807) is 30.3 Å². The molecule has 2 saturated heterocycles. The molecule has 6 rings (SSSR count). The monoisotopic (exact) mass is 547 g/mol. The average molecular weight is 548 g/mol. The van der Waals surface area contributed by atoms with Gasteiger partial charge in [0.1, 0.15) is 11.3 Å². The second-order valence-corrected chi connectivity index (χ2v) is 10.8. The van der Waals surface area contributed by atoms with Crippen molar-refractivity contribution in [3.63, 3.8) is 0 Å². The number of carbonyl (C=O) groups is 1. The van der Waals surface area contributed by atoms with Gasteiger partial charge in [0, 0.05) is 24.3 Å². The number of fused-ring (bicyclic) bond motifs is 1. The summed E-state index contributed by atoms with van der Waals surface area (Å²) in [6.45, 7) is 5.60. The number of halogens is 3. The van der Waals surface area contributed by atoms with Crippen molar-refractivity contribution in [3.8, 4) is 11.4 Å². The molecule has 40 heavy (non-hydrogen) atoms. The Bertz CT molecular complexity index is 1500. The van der Waals surface area contributed by atoms with E-state index in [-0.39, 0.29) is 17.3 Å². The molecular formula is C31H32F3N5O. The first kappa shape index (κ1) is 26.5. The Labute approximate surface area is 231 Å². The number of rotatable bonds is 7. The predicted octanol–water partition coefficient (Wildman–Crippen LogP) is 6.69. The van der Waals surface area contributed by atoms with Crippen molar-refractivity contribution in [1.82, 2.24) is 19.8 Å². The Kier molecular flexibility index (Phi) is 7.33. The number of amides is 1. The number of likely N-dealkylation sites (tertiary alicyclic amines) is 2. The molecule has 1 amide bonds. The summed E-state index contributed by atoms with van der Waals surface area (Å²) in [5.41, 5.74) is 3.00. The molecule has 3 heterocycles. The Morgan fingerprint density at radius 2 is 1.48 bits per heavy atom. The number of benzene rings is 3. The lowest BCUT2D eigenvalue weighted by atomic mass is 10.0. The molecule has 0 unspecified atom stereocenters. The minimum atomic E-state index is -4.54. The number of anilines is 1. The highest BCUT2D eigenvalue weighted by Crippen LogP contribution is 2.38. The van der Waals surface area contributed by atoms with Crippen LogP contribution in [0.4, 0.5) is 18.9 Å². The van der Waals surface area contributed by atoms with Crippen LogP contribution in [0.5, 0.6) is 0 Å². The van der Waals surface area contributed by atoms with E-state index in [0.717, 1.165) is 57.2 Å². The molecule has 3 aromatic carbocycles. The summed E-state index contributed by atoms with van der Waals surface area (Å²) < 4.78 is 42.0. The SMILES string of the molecule is O=C(Nc1ccc(CN2CCCC2)cc1)c1cccc2[nH]c(-c3cc(CN4CCCC4)ccc3C(F)(F)F)nc12. The van der Waals surface area contributed by atoms with E-state index < -0.39 is 11.7 Å². The van der Waals surface area contributed by atoms with Gasteiger partial charge >= 0.3 is 6.18 Å². The number of aromatic amines is 1. The van der Waals surface area contributed by atoms with Crippen LogP contribution in [0.15, 0.2) is 60.7 Å². The third kappa shape index (κ3) is 5.76. The van der Waals surface area contributed by atoms with Crippen molar-refractivity contribution >= 4 is 22.6 Å². The Morgan fingerprint density at radius 1 is 0.850 bits per heavy atom. The first-order chi connectivity index (χ1) is 19.3. The molecule has 2 aliphatic heterocycles. The molecule has 9 heteroatoms. The Hall–Kier alpha value is -3.69. The lowest BCUT2D eigenvalue weighted by Crippen LogP contribution is -2.18. The zero-order chi connectivity index (χ0) is 27.7. The van der Waals surface area contributed by atoms with Gasteiger partial charge in [0.25, 0.3) is 5.91 Å². The molecule has 2 N–H and O–H groups in total. The summed E-state index contributed by atoms with van der Waals surface area (Å²) in [6, 6.07) is 17.1. The second kappa shape index (κ2) is 11.1. The number of carbonyl (C=O) groups excluding carboxylic acids is 1. The number of H-pyrrole nitrogens is 1. The van der Waals surface area contributed by atoms with Gasteiger partial charge in [0.2, 0.25) is 0 Å². The van der Waals surface area contributed by atoms with Crippen LogP contribution in [-0.2, 0) is 19.3 Å². The third-order valence-corrected chi connectivity index (χ3v) is 7.82. The fraction of sp³-hybridized carbons (Fsp3) is 0.355. The van der Waals surface area contributed by atoms with Gasteiger partial charge in [0.15, 0.2) is 0 Å². The van der Waals surface area contributed by atoms with Crippen molar-refractivity contribution in [1.29, 1.82) is 0 Å². The van der Waals surface area contributed by atoms with Gasteiger partial charge < -0.3 is 10.3 Å². The third-order valence-electron chi connectivity index (χ3n) is 7.82. The van der Waals surface area contributed by atoms with Crippen LogP contribution < -0.4 is 5.32 Å². The summed E-state index contributed by atoms with van der Waals surface area (Å²) in [5.74, 6) is -0.271. The number of imidazole rings is 1. The van der Waals surface area contributed by atoms with E-state index >= 15 is 0 Å². The van der Waals surface area contributed by atoms with E-state index in [1.165, 1.54) is 18.4 Å². The first-order valence-corrected chi connectivity index (χ1v) is 13.9.